The number of thiocarbonyl (C=S) groups is 1. The molecule has 0 aliphatic heterocycles. The Bertz CT molecular complexity index is 658. The first-order chi connectivity index (χ1) is 12.1. The van der Waals surface area contributed by atoms with Crippen molar-refractivity contribution in [1.82, 2.24) is 10.7 Å². The molecule has 1 saturated carbocycles. The third-order valence-electron chi connectivity index (χ3n) is 4.10. The summed E-state index contributed by atoms with van der Waals surface area (Å²) in [6.45, 7) is 0. The Kier molecular flexibility index (Phi) is 7.00. The van der Waals surface area contributed by atoms with Gasteiger partial charge in [0.2, 0.25) is 0 Å². The number of benzene rings is 1. The molecule has 25 heavy (non-hydrogen) atoms. The molecular formula is C17H23N3O4S. The maximum Gasteiger partial charge on any atom is 0.340 e. The van der Waals surface area contributed by atoms with Crippen LogP contribution in [0.15, 0.2) is 17.2 Å². The van der Waals surface area contributed by atoms with E-state index < -0.39 is 5.97 Å². The summed E-state index contributed by atoms with van der Waals surface area (Å²) in [5.41, 5.74) is 3.11. The molecule has 136 valence electrons. The van der Waals surface area contributed by atoms with Crippen LogP contribution in [0.3, 0.4) is 0 Å². The normalized spacial score (nSPS) is 15.0. The highest BCUT2D eigenvalue weighted by Crippen LogP contribution is 2.32. The molecular weight excluding hydrogens is 342 g/mol. The smallest absolute Gasteiger partial charge is 0.340 e. The highest BCUT2D eigenvalue weighted by molar-refractivity contribution is 7.80. The summed E-state index contributed by atoms with van der Waals surface area (Å²) in [5.74, 6) is -0.624. The fourth-order valence-corrected chi connectivity index (χ4v) is 3.11. The zero-order valence-electron chi connectivity index (χ0n) is 14.4. The first-order valence-corrected chi connectivity index (χ1v) is 8.55. The fraction of sp³-hybridized carbons (Fsp3) is 0.471. The molecule has 1 aliphatic rings. The van der Waals surface area contributed by atoms with Crippen molar-refractivity contribution >= 4 is 29.5 Å². The number of nitrogens with one attached hydrogen (secondary N) is 2. The van der Waals surface area contributed by atoms with Crippen LogP contribution in [-0.4, -0.2) is 42.7 Å². The van der Waals surface area contributed by atoms with Gasteiger partial charge in [-0.15, -0.1) is 0 Å². The lowest BCUT2D eigenvalue weighted by Crippen LogP contribution is -2.40. The van der Waals surface area contributed by atoms with Crippen molar-refractivity contribution in [2.45, 2.75) is 38.1 Å². The molecule has 0 atom stereocenters. The summed E-state index contributed by atoms with van der Waals surface area (Å²) in [6.07, 6.45) is 7.29. The number of carboxylic acid groups (broad SMARTS) is 1. The SMILES string of the molecule is COc1ccc(/C=N/NC(=S)NC2CCCCC2)c(C(=O)O)c1OC. The van der Waals surface area contributed by atoms with Crippen molar-refractivity contribution in [2.24, 2.45) is 5.10 Å². The summed E-state index contributed by atoms with van der Waals surface area (Å²) in [6, 6.07) is 3.61. The first-order valence-electron chi connectivity index (χ1n) is 8.14. The lowest BCUT2D eigenvalue weighted by molar-refractivity contribution is 0.0692. The highest BCUT2D eigenvalue weighted by Gasteiger charge is 2.20. The standard InChI is InChI=1S/C17H23N3O4S/c1-23-13-9-8-11(14(16(21)22)15(13)24-2)10-18-20-17(25)19-12-6-4-3-5-7-12/h8-10,12H,3-7H2,1-2H3,(H,21,22)(H2,19,20,25)/b18-10+. The molecule has 0 spiro atoms. The largest absolute Gasteiger partial charge is 0.493 e. The zero-order chi connectivity index (χ0) is 18.2. The third-order valence-corrected chi connectivity index (χ3v) is 4.31. The molecule has 8 heteroatoms. The van der Waals surface area contributed by atoms with E-state index in [1.165, 1.54) is 39.7 Å². The Balaban J connectivity index is 2.06. The number of ether oxygens (including phenoxy) is 2. The lowest BCUT2D eigenvalue weighted by Gasteiger charge is -2.23. The molecule has 0 radical (unpaired) electrons. The van der Waals surface area contributed by atoms with Crippen LogP contribution in [0, 0.1) is 0 Å². The molecule has 7 nitrogen and oxygen atoms in total. The zero-order valence-corrected chi connectivity index (χ0v) is 15.2. The van der Waals surface area contributed by atoms with Crippen LogP contribution >= 0.6 is 12.2 Å². The van der Waals surface area contributed by atoms with Crippen LogP contribution in [0.25, 0.3) is 0 Å². The number of carbonyl (C=O) groups is 1. The molecule has 2 rings (SSSR count). The van der Waals surface area contributed by atoms with Crippen LogP contribution in [-0.2, 0) is 0 Å². The van der Waals surface area contributed by atoms with Gasteiger partial charge in [0.05, 0.1) is 20.4 Å². The van der Waals surface area contributed by atoms with Gasteiger partial charge in [-0.2, -0.15) is 5.10 Å². The number of aromatic carboxylic acids is 1. The number of hydrazone groups is 1. The van der Waals surface area contributed by atoms with E-state index in [9.17, 15) is 9.90 Å². The average Bonchev–Trinajstić information content (AvgIpc) is 2.61. The Morgan fingerprint density at radius 1 is 1.28 bits per heavy atom. The van der Waals surface area contributed by atoms with E-state index in [0.29, 0.717) is 22.5 Å². The van der Waals surface area contributed by atoms with E-state index in [-0.39, 0.29) is 11.3 Å². The predicted molar refractivity (Wildman–Crippen MR) is 99.8 cm³/mol. The van der Waals surface area contributed by atoms with Crippen molar-refractivity contribution < 1.29 is 19.4 Å². The summed E-state index contributed by atoms with van der Waals surface area (Å²) < 4.78 is 10.3. The number of hydrogen-bond donors (Lipinski definition) is 3. The van der Waals surface area contributed by atoms with E-state index in [1.807, 2.05) is 0 Å². The summed E-state index contributed by atoms with van der Waals surface area (Å²) >= 11 is 5.23. The van der Waals surface area contributed by atoms with Gasteiger partial charge in [-0.05, 0) is 37.2 Å². The number of nitrogens with zero attached hydrogens (tertiary/aromatic N) is 1. The van der Waals surface area contributed by atoms with Crippen LogP contribution in [0.4, 0.5) is 0 Å². The molecule has 0 aromatic heterocycles. The van der Waals surface area contributed by atoms with Crippen LogP contribution < -0.4 is 20.2 Å². The Morgan fingerprint density at radius 2 is 2.00 bits per heavy atom. The van der Waals surface area contributed by atoms with Crippen LogP contribution in [0.1, 0.15) is 48.0 Å². The van der Waals surface area contributed by atoms with Gasteiger partial charge in [0, 0.05) is 11.6 Å². The number of carboxylic acids is 1. The van der Waals surface area contributed by atoms with E-state index in [2.05, 4.69) is 15.8 Å². The molecule has 1 aromatic carbocycles. The highest BCUT2D eigenvalue weighted by atomic mass is 32.1. The fourth-order valence-electron chi connectivity index (χ4n) is 2.90. The molecule has 0 amide bonds. The van der Waals surface area contributed by atoms with Gasteiger partial charge < -0.3 is 19.9 Å². The first kappa shape index (κ1) is 19.0. The Hall–Kier alpha value is -2.35. The summed E-state index contributed by atoms with van der Waals surface area (Å²) in [4.78, 5) is 11.6. The number of hydrogen-bond acceptors (Lipinski definition) is 5. The van der Waals surface area contributed by atoms with E-state index in [1.54, 1.807) is 12.1 Å². The molecule has 3 N–H and O–H groups in total. The molecule has 0 unspecified atom stereocenters. The van der Waals surface area contributed by atoms with Crippen molar-refractivity contribution in [2.75, 3.05) is 14.2 Å². The second-order valence-electron chi connectivity index (χ2n) is 5.75. The second kappa shape index (κ2) is 9.22. The number of rotatable bonds is 6. The van der Waals surface area contributed by atoms with Crippen molar-refractivity contribution in [3.8, 4) is 11.5 Å². The molecule has 0 saturated heterocycles. The Labute approximate surface area is 152 Å². The van der Waals surface area contributed by atoms with Crippen LogP contribution in [0.2, 0.25) is 0 Å². The van der Waals surface area contributed by atoms with E-state index >= 15 is 0 Å². The third kappa shape index (κ3) is 5.06. The molecule has 0 bridgehead atoms. The summed E-state index contributed by atoms with van der Waals surface area (Å²) in [5, 5.41) is 17.2. The van der Waals surface area contributed by atoms with Crippen molar-refractivity contribution in [1.29, 1.82) is 0 Å². The van der Waals surface area contributed by atoms with Gasteiger partial charge in [0.1, 0.15) is 5.56 Å². The van der Waals surface area contributed by atoms with Crippen molar-refractivity contribution in [3.63, 3.8) is 0 Å². The maximum absolute atomic E-state index is 11.6. The van der Waals surface area contributed by atoms with Crippen molar-refractivity contribution in [3.05, 3.63) is 23.3 Å². The maximum atomic E-state index is 11.6. The van der Waals surface area contributed by atoms with Gasteiger partial charge in [-0.25, -0.2) is 4.79 Å². The van der Waals surface area contributed by atoms with Gasteiger partial charge in [-0.1, -0.05) is 19.3 Å². The lowest BCUT2D eigenvalue weighted by atomic mass is 9.96. The Morgan fingerprint density at radius 3 is 2.60 bits per heavy atom. The molecule has 1 fully saturated rings. The van der Waals surface area contributed by atoms with Crippen LogP contribution in [0.5, 0.6) is 11.5 Å². The van der Waals surface area contributed by atoms with Gasteiger partial charge in [0.15, 0.2) is 16.6 Å². The van der Waals surface area contributed by atoms with E-state index in [0.717, 1.165) is 12.8 Å². The quantitative estimate of drug-likeness (QED) is 0.405. The minimum absolute atomic E-state index is 0.0152. The number of methoxy groups -OCH3 is 2. The summed E-state index contributed by atoms with van der Waals surface area (Å²) in [7, 11) is 2.85. The predicted octanol–water partition coefficient (Wildman–Crippen LogP) is 2.53. The minimum atomic E-state index is -1.12. The van der Waals surface area contributed by atoms with Gasteiger partial charge in [0.25, 0.3) is 0 Å². The molecule has 1 aromatic rings. The van der Waals surface area contributed by atoms with Gasteiger partial charge >= 0.3 is 5.97 Å². The second-order valence-corrected chi connectivity index (χ2v) is 6.16. The van der Waals surface area contributed by atoms with Gasteiger partial charge in [-0.3, -0.25) is 5.43 Å². The molecule has 1 aliphatic carbocycles. The monoisotopic (exact) mass is 365 g/mol. The molecule has 0 heterocycles. The topological polar surface area (TPSA) is 92.2 Å². The van der Waals surface area contributed by atoms with E-state index in [4.69, 9.17) is 21.7 Å². The minimum Gasteiger partial charge on any atom is -0.493 e. The average molecular weight is 365 g/mol.